The number of carbonyl (C=O) groups excluding carboxylic acids is 1. The number of alkyl carbamates (subject to hydrolysis) is 1. The van der Waals surface area contributed by atoms with Crippen LogP contribution in [0.4, 0.5) is 4.79 Å². The van der Waals surface area contributed by atoms with Crippen LogP contribution in [-0.4, -0.2) is 29.8 Å². The van der Waals surface area contributed by atoms with E-state index in [0.717, 1.165) is 19.3 Å². The summed E-state index contributed by atoms with van der Waals surface area (Å²) in [7, 11) is 0. The number of ether oxygens (including phenoxy) is 1. The number of hydrogen-bond acceptors (Lipinski definition) is 3. The lowest BCUT2D eigenvalue weighted by atomic mass is 9.42. The fourth-order valence-corrected chi connectivity index (χ4v) is 2.67. The van der Waals surface area contributed by atoms with Gasteiger partial charge in [0.05, 0.1) is 0 Å². The van der Waals surface area contributed by atoms with Crippen LogP contribution in [0.2, 0.25) is 0 Å². The zero-order chi connectivity index (χ0) is 11.8. The van der Waals surface area contributed by atoms with Crippen molar-refractivity contribution in [1.29, 1.82) is 0 Å². The highest BCUT2D eigenvalue weighted by Crippen LogP contribution is 2.66. The van der Waals surface area contributed by atoms with Gasteiger partial charge in [-0.1, -0.05) is 12.7 Å². The minimum absolute atomic E-state index is 0.0911. The third-order valence-electron chi connectivity index (χ3n) is 3.54. The second-order valence-corrected chi connectivity index (χ2v) is 4.64. The fourth-order valence-electron chi connectivity index (χ4n) is 2.67. The highest BCUT2D eigenvalue weighted by atomic mass is 16.5. The predicted octanol–water partition coefficient (Wildman–Crippen LogP) is 1.15. The first-order valence-corrected chi connectivity index (χ1v) is 5.34. The second kappa shape index (κ2) is 3.81. The van der Waals surface area contributed by atoms with Crippen molar-refractivity contribution >= 4 is 12.1 Å². The monoisotopic (exact) mass is 225 g/mol. The van der Waals surface area contributed by atoms with E-state index in [0.29, 0.717) is 5.92 Å². The van der Waals surface area contributed by atoms with Gasteiger partial charge >= 0.3 is 12.1 Å². The van der Waals surface area contributed by atoms with Crippen LogP contribution >= 0.6 is 0 Å². The molecule has 0 unspecified atom stereocenters. The molecular weight excluding hydrogens is 210 g/mol. The highest BCUT2D eigenvalue weighted by molar-refractivity contribution is 5.81. The SMILES string of the molecule is C=CCOC(=O)N[C@H](C(=O)O)C12CC(C1)C2. The summed E-state index contributed by atoms with van der Waals surface area (Å²) < 4.78 is 4.72. The normalized spacial score (nSPS) is 31.6. The quantitative estimate of drug-likeness (QED) is 0.688. The van der Waals surface area contributed by atoms with Crippen LogP contribution in [0.3, 0.4) is 0 Å². The molecule has 3 fully saturated rings. The van der Waals surface area contributed by atoms with Gasteiger partial charge in [0.15, 0.2) is 0 Å². The molecule has 0 aromatic heterocycles. The molecule has 0 radical (unpaired) electrons. The molecule has 2 N–H and O–H groups in total. The molecule has 0 heterocycles. The van der Waals surface area contributed by atoms with Crippen LogP contribution in [0.5, 0.6) is 0 Å². The Morgan fingerprint density at radius 1 is 1.56 bits per heavy atom. The van der Waals surface area contributed by atoms with Crippen LogP contribution in [0, 0.1) is 11.3 Å². The lowest BCUT2D eigenvalue weighted by Gasteiger charge is -2.63. The minimum atomic E-state index is -0.978. The van der Waals surface area contributed by atoms with E-state index in [1.165, 1.54) is 6.08 Å². The second-order valence-electron chi connectivity index (χ2n) is 4.64. The Kier molecular flexibility index (Phi) is 2.61. The van der Waals surface area contributed by atoms with Gasteiger partial charge < -0.3 is 15.2 Å². The molecule has 1 atom stereocenters. The first-order valence-electron chi connectivity index (χ1n) is 5.34. The van der Waals surface area contributed by atoms with Gasteiger partial charge in [-0.2, -0.15) is 0 Å². The zero-order valence-corrected chi connectivity index (χ0v) is 8.94. The first kappa shape index (κ1) is 11.0. The van der Waals surface area contributed by atoms with Gasteiger partial charge in [-0.15, -0.1) is 0 Å². The highest BCUT2D eigenvalue weighted by Gasteiger charge is 2.63. The van der Waals surface area contributed by atoms with Crippen LogP contribution in [0.25, 0.3) is 0 Å². The Morgan fingerprint density at radius 3 is 2.56 bits per heavy atom. The van der Waals surface area contributed by atoms with E-state index in [-0.39, 0.29) is 12.0 Å². The van der Waals surface area contributed by atoms with E-state index < -0.39 is 18.1 Å². The molecule has 3 aliphatic rings. The Labute approximate surface area is 93.5 Å². The predicted molar refractivity (Wildman–Crippen MR) is 55.9 cm³/mol. The lowest BCUT2D eigenvalue weighted by molar-refractivity contribution is -0.169. The van der Waals surface area contributed by atoms with Crippen LogP contribution in [0.1, 0.15) is 19.3 Å². The summed E-state index contributed by atoms with van der Waals surface area (Å²) in [6.45, 7) is 3.50. The van der Waals surface area contributed by atoms with E-state index in [1.807, 2.05) is 0 Å². The lowest BCUT2D eigenvalue weighted by Crippen LogP contribution is -2.66. The van der Waals surface area contributed by atoms with Crippen LogP contribution in [-0.2, 0) is 9.53 Å². The van der Waals surface area contributed by atoms with Gasteiger partial charge in [0.1, 0.15) is 12.6 Å². The largest absolute Gasteiger partial charge is 0.480 e. The molecule has 88 valence electrons. The molecule has 0 spiro atoms. The molecule has 0 aliphatic heterocycles. The van der Waals surface area contributed by atoms with Crippen LogP contribution < -0.4 is 5.32 Å². The van der Waals surface area contributed by atoms with Crippen molar-refractivity contribution in [1.82, 2.24) is 5.32 Å². The van der Waals surface area contributed by atoms with Crippen molar-refractivity contribution in [2.45, 2.75) is 25.3 Å². The zero-order valence-electron chi connectivity index (χ0n) is 8.94. The Bertz CT molecular complexity index is 322. The van der Waals surface area contributed by atoms with E-state index in [2.05, 4.69) is 11.9 Å². The molecule has 0 aromatic rings. The number of hydrogen-bond donors (Lipinski definition) is 2. The molecule has 1 amide bonds. The van der Waals surface area contributed by atoms with Crippen molar-refractivity contribution in [3.8, 4) is 0 Å². The molecule has 0 aromatic carbocycles. The standard InChI is InChI=1S/C11H15NO4/c1-2-3-16-10(15)12-8(9(13)14)11-4-7(5-11)6-11/h2,7-8H,1,3-6H2,(H,12,15)(H,13,14)/t7?,8-,11?/m1/s1. The smallest absolute Gasteiger partial charge is 0.408 e. The molecule has 5 heteroatoms. The number of aliphatic carboxylic acids is 1. The fraction of sp³-hybridized carbons (Fsp3) is 0.636. The number of carboxylic acid groups (broad SMARTS) is 1. The number of amides is 1. The third kappa shape index (κ3) is 1.66. The third-order valence-corrected chi connectivity index (χ3v) is 3.54. The Balaban J connectivity index is 1.90. The van der Waals surface area contributed by atoms with E-state index in [4.69, 9.17) is 9.84 Å². The van der Waals surface area contributed by atoms with Crippen molar-refractivity contribution in [2.75, 3.05) is 6.61 Å². The average molecular weight is 225 g/mol. The van der Waals surface area contributed by atoms with Crippen molar-refractivity contribution < 1.29 is 19.4 Å². The van der Waals surface area contributed by atoms with E-state index in [9.17, 15) is 9.59 Å². The minimum Gasteiger partial charge on any atom is -0.480 e. The maximum Gasteiger partial charge on any atom is 0.408 e. The van der Waals surface area contributed by atoms with Crippen molar-refractivity contribution in [2.24, 2.45) is 11.3 Å². The summed E-state index contributed by atoms with van der Waals surface area (Å²) in [5.41, 5.74) is -0.205. The molecule has 2 bridgehead atoms. The van der Waals surface area contributed by atoms with Crippen molar-refractivity contribution in [3.05, 3.63) is 12.7 Å². The molecule has 3 rings (SSSR count). The summed E-state index contributed by atoms with van der Waals surface area (Å²) in [5.74, 6) is -0.304. The van der Waals surface area contributed by atoms with Crippen LogP contribution in [0.15, 0.2) is 12.7 Å². The number of carboxylic acids is 1. The summed E-state index contributed by atoms with van der Waals surface area (Å²) in [6.07, 6.45) is 3.48. The molecule has 0 saturated heterocycles. The first-order chi connectivity index (χ1) is 7.57. The Hall–Kier alpha value is -1.52. The molecule has 3 aliphatic carbocycles. The van der Waals surface area contributed by atoms with Gasteiger partial charge in [-0.25, -0.2) is 9.59 Å². The Morgan fingerprint density at radius 2 is 2.19 bits per heavy atom. The van der Waals surface area contributed by atoms with E-state index >= 15 is 0 Å². The molecule has 5 nitrogen and oxygen atoms in total. The number of rotatable bonds is 5. The maximum absolute atomic E-state index is 11.3. The van der Waals surface area contributed by atoms with Gasteiger partial charge in [0.25, 0.3) is 0 Å². The summed E-state index contributed by atoms with van der Waals surface area (Å²) in [6, 6.07) is -0.810. The summed E-state index contributed by atoms with van der Waals surface area (Å²) in [4.78, 5) is 22.4. The summed E-state index contributed by atoms with van der Waals surface area (Å²) >= 11 is 0. The molecule has 16 heavy (non-hydrogen) atoms. The number of carbonyl (C=O) groups is 2. The topological polar surface area (TPSA) is 75.6 Å². The molecule has 3 saturated carbocycles. The van der Waals surface area contributed by atoms with Gasteiger partial charge in [0, 0.05) is 5.41 Å². The summed E-state index contributed by atoms with van der Waals surface area (Å²) in [5, 5.41) is 11.5. The average Bonchev–Trinajstić information content (AvgIpc) is 2.08. The van der Waals surface area contributed by atoms with Gasteiger partial charge in [0.2, 0.25) is 0 Å². The van der Waals surface area contributed by atoms with Gasteiger partial charge in [-0.3, -0.25) is 0 Å². The van der Waals surface area contributed by atoms with Gasteiger partial charge in [-0.05, 0) is 25.2 Å². The maximum atomic E-state index is 11.3. The van der Waals surface area contributed by atoms with Crippen molar-refractivity contribution in [3.63, 3.8) is 0 Å². The number of nitrogens with one attached hydrogen (secondary N) is 1. The van der Waals surface area contributed by atoms with E-state index in [1.54, 1.807) is 0 Å². The molecular formula is C11H15NO4.